The fraction of sp³-hybridized carbons (Fsp3) is 0.167. The van der Waals surface area contributed by atoms with Crippen LogP contribution in [-0.2, 0) is 21.7 Å². The van der Waals surface area contributed by atoms with Gasteiger partial charge in [-0.05, 0) is 155 Å². The van der Waals surface area contributed by atoms with Crippen molar-refractivity contribution in [3.8, 4) is 39.1 Å². The second kappa shape index (κ2) is 16.7. The van der Waals surface area contributed by atoms with Crippen LogP contribution < -0.4 is 4.90 Å². The number of anilines is 3. The molecule has 74 heavy (non-hydrogen) atoms. The van der Waals surface area contributed by atoms with E-state index in [9.17, 15) is 0 Å². The standard InChI is InChI=1S/C72H62N2/c1-69(2,3)51-43-61-59-45-54(38-40-63(59)72(49-22-12-9-13-23-49,50-24-14-10-15-25-50)68(61)65(44-51)70(4,5)6)73(55-37-39-57-56-28-18-20-30-62(56)71(7,8)64(57)46-55)53-35-32-47(33-36-53)48-34-41-67-60(42-48)58-29-19-21-31-66(58)74(67)52-26-16-11-17-27-52/h9-46H,1-8H3. The molecule has 1 aromatic heterocycles. The van der Waals surface area contributed by atoms with E-state index in [2.05, 4.69) is 295 Å². The Bertz CT molecular complexity index is 3930. The number of hydrogen-bond donors (Lipinski definition) is 0. The van der Waals surface area contributed by atoms with Crippen LogP contribution >= 0.6 is 0 Å². The van der Waals surface area contributed by atoms with Gasteiger partial charge in [-0.15, -0.1) is 0 Å². The lowest BCUT2D eigenvalue weighted by Crippen LogP contribution is -2.32. The molecule has 2 heteroatoms. The normalized spacial score (nSPS) is 14.2. The number of aromatic nitrogens is 1. The monoisotopic (exact) mass is 954 g/mol. The highest BCUT2D eigenvalue weighted by Gasteiger charge is 2.49. The third-order valence-corrected chi connectivity index (χ3v) is 16.5. The lowest BCUT2D eigenvalue weighted by molar-refractivity contribution is 0.557. The summed E-state index contributed by atoms with van der Waals surface area (Å²) < 4.78 is 2.39. The molecule has 2 nitrogen and oxygen atoms in total. The van der Waals surface area contributed by atoms with Crippen molar-refractivity contribution in [1.82, 2.24) is 4.57 Å². The molecule has 2 aliphatic carbocycles. The highest BCUT2D eigenvalue weighted by Crippen LogP contribution is 2.60. The topological polar surface area (TPSA) is 8.17 Å². The van der Waals surface area contributed by atoms with Gasteiger partial charge < -0.3 is 9.47 Å². The summed E-state index contributed by atoms with van der Waals surface area (Å²) in [5.74, 6) is 0. The van der Waals surface area contributed by atoms with Gasteiger partial charge >= 0.3 is 0 Å². The summed E-state index contributed by atoms with van der Waals surface area (Å²) in [7, 11) is 0. The van der Waals surface area contributed by atoms with Crippen molar-refractivity contribution < 1.29 is 0 Å². The summed E-state index contributed by atoms with van der Waals surface area (Å²) in [6, 6.07) is 86.9. The Kier molecular flexibility index (Phi) is 10.3. The summed E-state index contributed by atoms with van der Waals surface area (Å²) in [5.41, 5.74) is 24.4. The molecule has 0 fully saturated rings. The first kappa shape index (κ1) is 45.6. The maximum atomic E-state index is 2.53. The van der Waals surface area contributed by atoms with E-state index in [4.69, 9.17) is 0 Å². The van der Waals surface area contributed by atoms with Crippen molar-refractivity contribution in [2.45, 2.75) is 77.0 Å². The van der Waals surface area contributed by atoms with E-state index in [1.54, 1.807) is 0 Å². The van der Waals surface area contributed by atoms with Crippen molar-refractivity contribution in [2.75, 3.05) is 4.90 Å². The molecule has 0 spiro atoms. The first-order valence-electron chi connectivity index (χ1n) is 26.4. The van der Waals surface area contributed by atoms with E-state index in [-0.39, 0.29) is 16.2 Å². The van der Waals surface area contributed by atoms with Crippen LogP contribution in [0, 0.1) is 0 Å². The third-order valence-electron chi connectivity index (χ3n) is 16.5. The molecule has 11 aromatic rings. The first-order valence-corrected chi connectivity index (χ1v) is 26.4. The zero-order chi connectivity index (χ0) is 50.7. The lowest BCUT2D eigenvalue weighted by atomic mass is 9.63. The van der Waals surface area contributed by atoms with Gasteiger partial charge in [0.05, 0.1) is 16.4 Å². The largest absolute Gasteiger partial charge is 0.310 e. The van der Waals surface area contributed by atoms with Crippen LogP contribution in [0.3, 0.4) is 0 Å². The Balaban J connectivity index is 1.03. The zero-order valence-corrected chi connectivity index (χ0v) is 43.8. The van der Waals surface area contributed by atoms with E-state index in [1.807, 2.05) is 0 Å². The fourth-order valence-electron chi connectivity index (χ4n) is 12.9. The second-order valence-electron chi connectivity index (χ2n) is 23.4. The van der Waals surface area contributed by atoms with Gasteiger partial charge in [0.25, 0.3) is 0 Å². The predicted molar refractivity (Wildman–Crippen MR) is 313 cm³/mol. The van der Waals surface area contributed by atoms with Crippen LogP contribution in [0.4, 0.5) is 17.1 Å². The molecule has 0 saturated carbocycles. The molecule has 0 radical (unpaired) electrons. The first-order chi connectivity index (χ1) is 35.7. The van der Waals surface area contributed by atoms with Gasteiger partial charge in [0, 0.05) is 38.9 Å². The minimum Gasteiger partial charge on any atom is -0.310 e. The Morgan fingerprint density at radius 2 is 0.946 bits per heavy atom. The molecule has 0 amide bonds. The molecule has 0 aliphatic heterocycles. The molecule has 0 unspecified atom stereocenters. The van der Waals surface area contributed by atoms with Crippen LogP contribution in [-0.4, -0.2) is 4.57 Å². The van der Waals surface area contributed by atoms with Crippen LogP contribution in [0.15, 0.2) is 231 Å². The van der Waals surface area contributed by atoms with Crippen molar-refractivity contribution in [2.24, 2.45) is 0 Å². The van der Waals surface area contributed by atoms with Gasteiger partial charge in [-0.3, -0.25) is 0 Å². The summed E-state index contributed by atoms with van der Waals surface area (Å²) in [4.78, 5) is 2.50. The van der Waals surface area contributed by atoms with Crippen molar-refractivity contribution in [3.63, 3.8) is 0 Å². The van der Waals surface area contributed by atoms with Crippen LogP contribution in [0.5, 0.6) is 0 Å². The van der Waals surface area contributed by atoms with E-state index < -0.39 is 5.41 Å². The average Bonchev–Trinajstić information content (AvgIpc) is 3.99. The van der Waals surface area contributed by atoms with Crippen molar-refractivity contribution >= 4 is 38.9 Å². The summed E-state index contributed by atoms with van der Waals surface area (Å²) in [5, 5.41) is 2.50. The molecule has 13 rings (SSSR count). The molecular weight excluding hydrogens is 893 g/mol. The smallest absolute Gasteiger partial charge is 0.0716 e. The molecule has 0 saturated heterocycles. The number of rotatable bonds is 7. The highest BCUT2D eigenvalue weighted by molar-refractivity contribution is 6.10. The maximum Gasteiger partial charge on any atom is 0.0716 e. The molecule has 0 atom stereocenters. The number of benzene rings is 10. The Hall–Kier alpha value is -8.20. The van der Waals surface area contributed by atoms with Gasteiger partial charge in [0.15, 0.2) is 0 Å². The van der Waals surface area contributed by atoms with Gasteiger partial charge in [-0.2, -0.15) is 0 Å². The SMILES string of the molecule is CC(C)(C)c1cc2c(c(C(C)(C)C)c1)C(c1ccccc1)(c1ccccc1)c1ccc(N(c3ccc(-c4ccc5c(c4)c4ccccc4n5-c4ccccc4)cc3)c3ccc4c(c3)C(C)(C)c3ccccc3-4)cc1-2. The summed E-state index contributed by atoms with van der Waals surface area (Å²) in [6.45, 7) is 19.0. The molecule has 360 valence electrons. The molecule has 2 aliphatic rings. The van der Waals surface area contributed by atoms with Crippen molar-refractivity contribution in [3.05, 3.63) is 275 Å². The Morgan fingerprint density at radius 1 is 0.378 bits per heavy atom. The quantitative estimate of drug-likeness (QED) is 0.155. The number of para-hydroxylation sites is 2. The second-order valence-corrected chi connectivity index (χ2v) is 23.4. The Morgan fingerprint density at radius 3 is 1.64 bits per heavy atom. The molecule has 10 aromatic carbocycles. The number of fused-ring (bicyclic) bond motifs is 9. The summed E-state index contributed by atoms with van der Waals surface area (Å²) >= 11 is 0. The highest BCUT2D eigenvalue weighted by atomic mass is 15.1. The third kappa shape index (κ3) is 6.91. The average molecular weight is 955 g/mol. The van der Waals surface area contributed by atoms with E-state index in [0.29, 0.717) is 0 Å². The van der Waals surface area contributed by atoms with Gasteiger partial charge in [-0.25, -0.2) is 0 Å². The van der Waals surface area contributed by atoms with Crippen LogP contribution in [0.2, 0.25) is 0 Å². The predicted octanol–water partition coefficient (Wildman–Crippen LogP) is 19.2. The number of nitrogens with zero attached hydrogens (tertiary/aromatic N) is 2. The maximum absolute atomic E-state index is 2.53. The lowest BCUT2D eigenvalue weighted by Gasteiger charge is -2.38. The van der Waals surface area contributed by atoms with Crippen LogP contribution in [0.25, 0.3) is 60.9 Å². The van der Waals surface area contributed by atoms with Gasteiger partial charge in [-0.1, -0.05) is 219 Å². The van der Waals surface area contributed by atoms with Crippen molar-refractivity contribution in [1.29, 1.82) is 0 Å². The van der Waals surface area contributed by atoms with E-state index in [1.165, 1.54) is 105 Å². The minimum absolute atomic E-state index is 0.0659. The zero-order valence-electron chi connectivity index (χ0n) is 43.8. The number of hydrogen-bond acceptors (Lipinski definition) is 1. The summed E-state index contributed by atoms with van der Waals surface area (Å²) in [6.07, 6.45) is 0. The Labute approximate surface area is 437 Å². The molecular formula is C72H62N2. The fourth-order valence-corrected chi connectivity index (χ4v) is 12.9. The van der Waals surface area contributed by atoms with Gasteiger partial charge in [0.1, 0.15) is 0 Å². The van der Waals surface area contributed by atoms with Crippen LogP contribution in [0.1, 0.15) is 99.9 Å². The molecule has 1 heterocycles. The van der Waals surface area contributed by atoms with E-state index >= 15 is 0 Å². The van der Waals surface area contributed by atoms with E-state index in [0.717, 1.165) is 17.1 Å². The minimum atomic E-state index is -0.547. The van der Waals surface area contributed by atoms with Gasteiger partial charge in [0.2, 0.25) is 0 Å². The molecule has 0 bridgehead atoms. The molecule has 0 N–H and O–H groups in total.